The van der Waals surface area contributed by atoms with Gasteiger partial charge in [0.2, 0.25) is 0 Å². The van der Waals surface area contributed by atoms with Crippen molar-refractivity contribution in [2.75, 3.05) is 24.3 Å². The van der Waals surface area contributed by atoms with Crippen molar-refractivity contribution >= 4 is 11.4 Å². The molecule has 1 unspecified atom stereocenters. The molecule has 0 saturated carbocycles. The lowest BCUT2D eigenvalue weighted by Gasteiger charge is -2.37. The molecular formula is C16H28N2O. The summed E-state index contributed by atoms with van der Waals surface area (Å²) in [5, 5.41) is 0. The lowest BCUT2D eigenvalue weighted by molar-refractivity contribution is 0.317. The maximum Gasteiger partial charge on any atom is 0.144 e. The second-order valence-electron chi connectivity index (χ2n) is 6.19. The van der Waals surface area contributed by atoms with Crippen LogP contribution in [0, 0.1) is 5.41 Å². The number of para-hydroxylation sites is 1. The van der Waals surface area contributed by atoms with Crippen LogP contribution in [0.4, 0.5) is 11.4 Å². The van der Waals surface area contributed by atoms with Crippen molar-refractivity contribution in [3.05, 3.63) is 18.2 Å². The van der Waals surface area contributed by atoms with E-state index in [9.17, 15) is 0 Å². The largest absolute Gasteiger partial charge is 0.491 e. The maximum absolute atomic E-state index is 6.24. The Morgan fingerprint density at radius 3 is 2.47 bits per heavy atom. The van der Waals surface area contributed by atoms with E-state index in [1.807, 2.05) is 12.1 Å². The predicted molar refractivity (Wildman–Crippen MR) is 84.0 cm³/mol. The van der Waals surface area contributed by atoms with E-state index >= 15 is 0 Å². The molecule has 2 N–H and O–H groups in total. The molecule has 1 rings (SSSR count). The summed E-state index contributed by atoms with van der Waals surface area (Å²) >= 11 is 0. The normalized spacial score (nSPS) is 13.2. The first kappa shape index (κ1) is 15.7. The minimum Gasteiger partial charge on any atom is -0.491 e. The highest BCUT2D eigenvalue weighted by Gasteiger charge is 2.25. The average Bonchev–Trinajstić information content (AvgIpc) is 2.35. The second kappa shape index (κ2) is 6.18. The summed E-state index contributed by atoms with van der Waals surface area (Å²) < 4.78 is 5.69. The van der Waals surface area contributed by atoms with Gasteiger partial charge in [-0.15, -0.1) is 0 Å². The van der Waals surface area contributed by atoms with Crippen LogP contribution in [-0.4, -0.2) is 19.7 Å². The summed E-state index contributed by atoms with van der Waals surface area (Å²) in [5.41, 5.74) is 8.20. The minimum absolute atomic E-state index is 0.196. The lowest BCUT2D eigenvalue weighted by atomic mass is 9.87. The fraction of sp³-hybridized carbons (Fsp3) is 0.625. The molecule has 1 aromatic rings. The Labute approximate surface area is 117 Å². The fourth-order valence-corrected chi connectivity index (χ4v) is 1.97. The van der Waals surface area contributed by atoms with E-state index in [0.717, 1.165) is 23.5 Å². The first-order valence-corrected chi connectivity index (χ1v) is 7.03. The van der Waals surface area contributed by atoms with Crippen LogP contribution in [0.1, 0.15) is 41.0 Å². The predicted octanol–water partition coefficient (Wildman–Crippen LogP) is 3.93. The molecule has 1 atom stereocenters. The van der Waals surface area contributed by atoms with Crippen LogP contribution < -0.4 is 15.4 Å². The van der Waals surface area contributed by atoms with Gasteiger partial charge < -0.3 is 15.4 Å². The quantitative estimate of drug-likeness (QED) is 0.819. The number of hydrogen-bond donors (Lipinski definition) is 1. The molecule has 0 amide bonds. The van der Waals surface area contributed by atoms with Gasteiger partial charge in [-0.2, -0.15) is 0 Å². The van der Waals surface area contributed by atoms with E-state index in [4.69, 9.17) is 10.5 Å². The Morgan fingerprint density at radius 1 is 1.32 bits per heavy atom. The van der Waals surface area contributed by atoms with E-state index in [-0.39, 0.29) is 5.41 Å². The molecule has 0 spiro atoms. The monoisotopic (exact) mass is 264 g/mol. The molecule has 0 aliphatic carbocycles. The summed E-state index contributed by atoms with van der Waals surface area (Å²) in [6.45, 7) is 11.7. The summed E-state index contributed by atoms with van der Waals surface area (Å²) in [5.74, 6) is 0.785. The van der Waals surface area contributed by atoms with Crippen LogP contribution in [-0.2, 0) is 0 Å². The third kappa shape index (κ3) is 3.79. The van der Waals surface area contributed by atoms with Gasteiger partial charge in [0.1, 0.15) is 5.75 Å². The molecule has 0 aliphatic heterocycles. The van der Waals surface area contributed by atoms with Crippen molar-refractivity contribution in [2.45, 2.75) is 47.1 Å². The molecule has 0 fully saturated rings. The van der Waals surface area contributed by atoms with Gasteiger partial charge in [-0.1, -0.05) is 33.8 Å². The third-order valence-corrected chi connectivity index (χ3v) is 3.72. The Kier molecular flexibility index (Phi) is 5.10. The van der Waals surface area contributed by atoms with Crippen molar-refractivity contribution in [2.24, 2.45) is 5.41 Å². The standard InChI is InChI=1S/C16H28N2O/c1-7-11-19-14-10-8-9-13(15(14)17)18(6)12(2)16(3,4)5/h8-10,12H,7,11,17H2,1-6H3. The van der Waals surface area contributed by atoms with Crippen LogP contribution in [0.3, 0.4) is 0 Å². The smallest absolute Gasteiger partial charge is 0.144 e. The summed E-state index contributed by atoms with van der Waals surface area (Å²) in [7, 11) is 2.09. The molecule has 108 valence electrons. The van der Waals surface area contributed by atoms with Gasteiger partial charge in [-0.25, -0.2) is 0 Å². The van der Waals surface area contributed by atoms with Gasteiger partial charge in [0.15, 0.2) is 0 Å². The zero-order valence-electron chi connectivity index (χ0n) is 13.2. The first-order valence-electron chi connectivity index (χ1n) is 7.03. The van der Waals surface area contributed by atoms with Gasteiger partial charge in [0.25, 0.3) is 0 Å². The van der Waals surface area contributed by atoms with E-state index in [2.05, 4.69) is 52.6 Å². The molecule has 0 aromatic heterocycles. The van der Waals surface area contributed by atoms with E-state index in [1.165, 1.54) is 0 Å². The van der Waals surface area contributed by atoms with Crippen LogP contribution in [0.2, 0.25) is 0 Å². The zero-order chi connectivity index (χ0) is 14.6. The van der Waals surface area contributed by atoms with E-state index < -0.39 is 0 Å². The highest BCUT2D eigenvalue weighted by molar-refractivity contribution is 5.74. The van der Waals surface area contributed by atoms with E-state index in [0.29, 0.717) is 12.6 Å². The van der Waals surface area contributed by atoms with Crippen molar-refractivity contribution in [3.8, 4) is 5.75 Å². The second-order valence-corrected chi connectivity index (χ2v) is 6.19. The van der Waals surface area contributed by atoms with Crippen molar-refractivity contribution in [3.63, 3.8) is 0 Å². The Hall–Kier alpha value is -1.38. The van der Waals surface area contributed by atoms with Crippen LogP contribution >= 0.6 is 0 Å². The number of nitrogens with zero attached hydrogens (tertiary/aromatic N) is 1. The summed E-state index contributed by atoms with van der Waals surface area (Å²) in [6.07, 6.45) is 0.984. The maximum atomic E-state index is 6.24. The van der Waals surface area contributed by atoms with Crippen LogP contribution in [0.15, 0.2) is 18.2 Å². The van der Waals surface area contributed by atoms with Crippen molar-refractivity contribution in [1.82, 2.24) is 0 Å². The fourth-order valence-electron chi connectivity index (χ4n) is 1.97. The lowest BCUT2D eigenvalue weighted by Crippen LogP contribution is -2.39. The number of rotatable bonds is 5. The average molecular weight is 264 g/mol. The molecule has 0 radical (unpaired) electrons. The number of anilines is 2. The number of nitrogens with two attached hydrogens (primary N) is 1. The number of nitrogen functional groups attached to an aromatic ring is 1. The molecule has 0 saturated heterocycles. The summed E-state index contributed by atoms with van der Waals surface area (Å²) in [4.78, 5) is 2.23. The SMILES string of the molecule is CCCOc1cccc(N(C)C(C)C(C)(C)C)c1N. The minimum atomic E-state index is 0.196. The van der Waals surface area contributed by atoms with Gasteiger partial charge in [-0.05, 0) is 30.9 Å². The zero-order valence-corrected chi connectivity index (χ0v) is 13.2. The molecule has 1 aromatic carbocycles. The molecular weight excluding hydrogens is 236 g/mol. The number of benzene rings is 1. The molecule has 3 nitrogen and oxygen atoms in total. The van der Waals surface area contributed by atoms with E-state index in [1.54, 1.807) is 0 Å². The molecule has 0 bridgehead atoms. The first-order chi connectivity index (χ1) is 8.79. The molecule has 0 heterocycles. The Morgan fingerprint density at radius 2 is 1.95 bits per heavy atom. The summed E-state index contributed by atoms with van der Waals surface area (Å²) in [6, 6.07) is 6.37. The van der Waals surface area contributed by atoms with Crippen molar-refractivity contribution in [1.29, 1.82) is 0 Å². The molecule has 3 heteroatoms. The third-order valence-electron chi connectivity index (χ3n) is 3.72. The van der Waals surface area contributed by atoms with Gasteiger partial charge in [0.05, 0.1) is 18.0 Å². The highest BCUT2D eigenvalue weighted by atomic mass is 16.5. The van der Waals surface area contributed by atoms with Gasteiger partial charge in [0, 0.05) is 13.1 Å². The highest BCUT2D eigenvalue weighted by Crippen LogP contribution is 2.35. The van der Waals surface area contributed by atoms with Gasteiger partial charge in [-0.3, -0.25) is 0 Å². The Bertz CT molecular complexity index is 410. The molecule has 0 aliphatic rings. The molecule has 19 heavy (non-hydrogen) atoms. The van der Waals surface area contributed by atoms with Gasteiger partial charge >= 0.3 is 0 Å². The number of ether oxygens (including phenoxy) is 1. The topological polar surface area (TPSA) is 38.5 Å². The Balaban J connectivity index is 3.00. The number of hydrogen-bond acceptors (Lipinski definition) is 3. The van der Waals surface area contributed by atoms with Crippen molar-refractivity contribution < 1.29 is 4.74 Å². The van der Waals surface area contributed by atoms with Crippen LogP contribution in [0.5, 0.6) is 5.75 Å². The van der Waals surface area contributed by atoms with Crippen LogP contribution in [0.25, 0.3) is 0 Å².